The highest BCUT2D eigenvalue weighted by Gasteiger charge is 2.27. The fourth-order valence-corrected chi connectivity index (χ4v) is 2.45. The van der Waals surface area contributed by atoms with Crippen LogP contribution in [0.3, 0.4) is 0 Å². The highest BCUT2D eigenvalue weighted by molar-refractivity contribution is 6.31. The molecule has 2 aromatic carbocycles. The zero-order chi connectivity index (χ0) is 17.8. The van der Waals surface area contributed by atoms with Gasteiger partial charge in [-0.05, 0) is 30.3 Å². The number of hydrogen-bond donors (Lipinski definition) is 3. The van der Waals surface area contributed by atoms with Crippen molar-refractivity contribution in [3.63, 3.8) is 0 Å². The van der Waals surface area contributed by atoms with Crippen LogP contribution in [0.1, 0.15) is 6.42 Å². The van der Waals surface area contributed by atoms with E-state index in [0.717, 1.165) is 11.8 Å². The molecule has 0 bridgehead atoms. The van der Waals surface area contributed by atoms with Crippen molar-refractivity contribution in [3.8, 4) is 0 Å². The summed E-state index contributed by atoms with van der Waals surface area (Å²) in [6.45, 7) is 0. The van der Waals surface area contributed by atoms with E-state index in [0.29, 0.717) is 5.69 Å². The normalized spacial score (nSPS) is 16.6. The van der Waals surface area contributed by atoms with Crippen molar-refractivity contribution in [3.05, 3.63) is 59.4 Å². The van der Waals surface area contributed by atoms with Crippen molar-refractivity contribution in [2.24, 2.45) is 4.99 Å². The van der Waals surface area contributed by atoms with Gasteiger partial charge < -0.3 is 10.6 Å². The Kier molecular flexibility index (Phi) is 4.95. The monoisotopic (exact) mass is 360 g/mol. The highest BCUT2D eigenvalue weighted by atomic mass is 35.5. The van der Waals surface area contributed by atoms with Crippen LogP contribution in [-0.4, -0.2) is 23.8 Å². The van der Waals surface area contributed by atoms with Crippen LogP contribution in [0, 0.1) is 5.82 Å². The number of aliphatic imine (C=N–C) groups is 1. The van der Waals surface area contributed by atoms with Gasteiger partial charge in [-0.25, -0.2) is 9.38 Å². The van der Waals surface area contributed by atoms with Crippen LogP contribution < -0.4 is 16.0 Å². The molecule has 0 fully saturated rings. The maximum Gasteiger partial charge on any atom is 0.249 e. The van der Waals surface area contributed by atoms with Gasteiger partial charge in [0.2, 0.25) is 17.8 Å². The molecule has 8 heteroatoms. The maximum absolute atomic E-state index is 13.2. The molecule has 0 saturated carbocycles. The zero-order valence-corrected chi connectivity index (χ0v) is 13.7. The molecule has 1 aliphatic heterocycles. The van der Waals surface area contributed by atoms with Gasteiger partial charge in [-0.3, -0.25) is 14.9 Å². The quantitative estimate of drug-likeness (QED) is 0.787. The smallest absolute Gasteiger partial charge is 0.249 e. The topological polar surface area (TPSA) is 82.6 Å². The fraction of sp³-hybridized carbons (Fsp3) is 0.118. The van der Waals surface area contributed by atoms with Gasteiger partial charge >= 0.3 is 0 Å². The van der Waals surface area contributed by atoms with Crippen molar-refractivity contribution in [1.29, 1.82) is 0 Å². The predicted molar refractivity (Wildman–Crippen MR) is 94.1 cm³/mol. The van der Waals surface area contributed by atoms with Crippen LogP contribution in [0.5, 0.6) is 0 Å². The molecule has 128 valence electrons. The Morgan fingerprint density at radius 2 is 1.96 bits per heavy atom. The Hall–Kier alpha value is -2.93. The average molecular weight is 361 g/mol. The van der Waals surface area contributed by atoms with Crippen LogP contribution in [-0.2, 0) is 9.59 Å². The number of guanidine groups is 1. The lowest BCUT2D eigenvalue weighted by Crippen LogP contribution is -2.45. The molecule has 2 aromatic rings. The molecular weight excluding hydrogens is 347 g/mol. The Labute approximate surface area is 148 Å². The molecule has 3 N–H and O–H groups in total. The van der Waals surface area contributed by atoms with Crippen molar-refractivity contribution >= 4 is 40.7 Å². The van der Waals surface area contributed by atoms with Gasteiger partial charge in [0.1, 0.15) is 11.9 Å². The van der Waals surface area contributed by atoms with Crippen LogP contribution in [0.4, 0.5) is 15.8 Å². The molecule has 0 aliphatic carbocycles. The molecule has 0 radical (unpaired) electrons. The lowest BCUT2D eigenvalue weighted by Gasteiger charge is -2.21. The van der Waals surface area contributed by atoms with E-state index in [1.54, 1.807) is 12.1 Å². The molecule has 0 saturated heterocycles. The van der Waals surface area contributed by atoms with Gasteiger partial charge in [-0.2, -0.15) is 0 Å². The fourth-order valence-electron chi connectivity index (χ4n) is 2.26. The first-order chi connectivity index (χ1) is 12.0. The molecule has 1 unspecified atom stereocenters. The van der Waals surface area contributed by atoms with Crippen molar-refractivity contribution < 1.29 is 14.0 Å². The van der Waals surface area contributed by atoms with Crippen molar-refractivity contribution in [2.75, 3.05) is 10.6 Å². The molecular formula is C17H14ClFN4O2. The first-order valence-electron chi connectivity index (χ1n) is 7.47. The first kappa shape index (κ1) is 16.9. The summed E-state index contributed by atoms with van der Waals surface area (Å²) in [7, 11) is 0. The number of anilines is 2. The van der Waals surface area contributed by atoms with Crippen LogP contribution in [0.2, 0.25) is 5.02 Å². The third-order valence-corrected chi connectivity index (χ3v) is 3.74. The number of nitrogens with zero attached hydrogens (tertiary/aromatic N) is 1. The predicted octanol–water partition coefficient (Wildman–Crippen LogP) is 2.77. The molecule has 1 heterocycles. The Bertz CT molecular complexity index is 842. The lowest BCUT2D eigenvalue weighted by atomic mass is 10.1. The second kappa shape index (κ2) is 7.31. The number of rotatable bonds is 3. The summed E-state index contributed by atoms with van der Waals surface area (Å²) in [5.41, 5.74) is 1.06. The van der Waals surface area contributed by atoms with Crippen molar-refractivity contribution in [2.45, 2.75) is 12.5 Å². The third kappa shape index (κ3) is 4.33. The van der Waals surface area contributed by atoms with E-state index in [-0.39, 0.29) is 23.3 Å². The average Bonchev–Trinajstić information content (AvgIpc) is 2.58. The second-order valence-electron chi connectivity index (χ2n) is 5.35. The molecule has 1 atom stereocenters. The van der Waals surface area contributed by atoms with Gasteiger partial charge in [0, 0.05) is 11.4 Å². The number of carbonyl (C=O) groups is 2. The van der Waals surface area contributed by atoms with Crippen LogP contribution in [0.15, 0.2) is 53.5 Å². The SMILES string of the molecule is O=C1CC(C(=O)Nc2ccc(F)c(Cl)c2)N=C(Nc2ccccc2)N1. The molecule has 1 aliphatic rings. The minimum absolute atomic E-state index is 0.0826. The number of carbonyl (C=O) groups excluding carboxylic acids is 2. The molecule has 0 aromatic heterocycles. The summed E-state index contributed by atoms with van der Waals surface area (Å²) in [5.74, 6) is -1.19. The van der Waals surface area contributed by atoms with E-state index in [1.807, 2.05) is 18.2 Å². The summed E-state index contributed by atoms with van der Waals surface area (Å²) in [6, 6.07) is 12.1. The van der Waals surface area contributed by atoms with E-state index in [2.05, 4.69) is 20.9 Å². The summed E-state index contributed by atoms with van der Waals surface area (Å²) < 4.78 is 13.2. The maximum atomic E-state index is 13.2. The largest absolute Gasteiger partial charge is 0.326 e. The van der Waals surface area contributed by atoms with E-state index in [4.69, 9.17) is 11.6 Å². The number of hydrogen-bond acceptors (Lipinski definition) is 4. The Morgan fingerprint density at radius 3 is 2.68 bits per heavy atom. The van der Waals surface area contributed by atoms with Crippen LogP contribution in [0.25, 0.3) is 0 Å². The molecule has 3 rings (SSSR count). The first-order valence-corrected chi connectivity index (χ1v) is 7.85. The van der Waals surface area contributed by atoms with Crippen LogP contribution >= 0.6 is 11.6 Å². The van der Waals surface area contributed by atoms with Crippen molar-refractivity contribution in [1.82, 2.24) is 5.32 Å². The molecule has 2 amide bonds. The minimum Gasteiger partial charge on any atom is -0.326 e. The summed E-state index contributed by atoms with van der Waals surface area (Å²) in [4.78, 5) is 28.4. The second-order valence-corrected chi connectivity index (χ2v) is 5.76. The Morgan fingerprint density at radius 1 is 1.20 bits per heavy atom. The summed E-state index contributed by atoms with van der Waals surface area (Å²) >= 11 is 5.69. The molecule has 25 heavy (non-hydrogen) atoms. The van der Waals surface area contributed by atoms with Gasteiger partial charge in [0.25, 0.3) is 0 Å². The third-order valence-electron chi connectivity index (χ3n) is 3.45. The molecule has 0 spiro atoms. The minimum atomic E-state index is -0.899. The number of nitrogens with one attached hydrogen (secondary N) is 3. The van der Waals surface area contributed by atoms with Gasteiger partial charge in [0.15, 0.2) is 0 Å². The number of amides is 2. The molecule has 6 nitrogen and oxygen atoms in total. The van der Waals surface area contributed by atoms with Gasteiger partial charge in [-0.1, -0.05) is 29.8 Å². The van der Waals surface area contributed by atoms with Gasteiger partial charge in [0.05, 0.1) is 11.4 Å². The Balaban J connectivity index is 1.73. The van der Waals surface area contributed by atoms with E-state index >= 15 is 0 Å². The lowest BCUT2D eigenvalue weighted by molar-refractivity contribution is -0.124. The zero-order valence-electron chi connectivity index (χ0n) is 12.9. The number of halogens is 2. The number of benzene rings is 2. The van der Waals surface area contributed by atoms with E-state index < -0.39 is 17.8 Å². The van der Waals surface area contributed by atoms with Gasteiger partial charge in [-0.15, -0.1) is 0 Å². The van der Waals surface area contributed by atoms with E-state index in [1.165, 1.54) is 12.1 Å². The van der Waals surface area contributed by atoms with E-state index in [9.17, 15) is 14.0 Å². The number of para-hydroxylation sites is 1. The summed E-state index contributed by atoms with van der Waals surface area (Å²) in [5, 5.41) is 8.00. The summed E-state index contributed by atoms with van der Waals surface area (Å²) in [6.07, 6.45) is -0.0826. The standard InChI is InChI=1S/C17H14ClFN4O2/c18-12-8-11(6-7-13(12)19)20-16(25)14-9-15(24)23-17(22-14)21-10-4-2-1-3-5-10/h1-8,14H,9H2,(H,20,25)(H2,21,22,23,24). The highest BCUT2D eigenvalue weighted by Crippen LogP contribution is 2.20.